The lowest BCUT2D eigenvalue weighted by molar-refractivity contribution is 0.567. The first-order valence-electron chi connectivity index (χ1n) is 8.62. The molecule has 0 unspecified atom stereocenters. The molecule has 3 aromatic rings. The average molecular weight is 373 g/mol. The number of nitrogens with one attached hydrogen (secondary N) is 1. The predicted octanol–water partition coefficient (Wildman–Crippen LogP) is 2.28. The Labute approximate surface area is 154 Å². The van der Waals surface area contributed by atoms with E-state index in [1.165, 1.54) is 17.4 Å². The summed E-state index contributed by atoms with van der Waals surface area (Å²) in [6.07, 6.45) is 1.79. The Morgan fingerprint density at radius 1 is 1.35 bits per heavy atom. The molecule has 26 heavy (non-hydrogen) atoms. The lowest BCUT2D eigenvalue weighted by Gasteiger charge is -2.30. The zero-order valence-electron chi connectivity index (χ0n) is 14.5. The third-order valence-electron chi connectivity index (χ3n) is 4.75. The van der Waals surface area contributed by atoms with Gasteiger partial charge in [-0.05, 0) is 19.1 Å². The number of pyridine rings is 1. The molecule has 3 heterocycles. The number of benzene rings is 1. The van der Waals surface area contributed by atoms with E-state index in [2.05, 4.69) is 10.3 Å². The first kappa shape index (κ1) is 17.0. The molecule has 1 aliphatic rings. The first-order chi connectivity index (χ1) is 12.6. The van der Waals surface area contributed by atoms with Crippen LogP contribution in [0, 0.1) is 5.82 Å². The zero-order valence-corrected chi connectivity index (χ0v) is 15.3. The molecule has 8 heteroatoms. The summed E-state index contributed by atoms with van der Waals surface area (Å²) >= 11 is 1.28. The number of aryl methyl sites for hydroxylation is 1. The van der Waals surface area contributed by atoms with Gasteiger partial charge in [-0.25, -0.2) is 9.37 Å². The summed E-state index contributed by atoms with van der Waals surface area (Å²) in [5.74, 6) is -0.367. The van der Waals surface area contributed by atoms with E-state index < -0.39 is 0 Å². The summed E-state index contributed by atoms with van der Waals surface area (Å²) in [5, 5.41) is 5.79. The Morgan fingerprint density at radius 3 is 2.77 bits per heavy atom. The largest absolute Gasteiger partial charge is 0.375 e. The van der Waals surface area contributed by atoms with Gasteiger partial charge in [-0.15, -0.1) is 11.3 Å². The smallest absolute Gasteiger partial charge is 0.198 e. The van der Waals surface area contributed by atoms with Gasteiger partial charge in [-0.3, -0.25) is 4.79 Å². The quantitative estimate of drug-likeness (QED) is 0.737. The lowest BCUT2D eigenvalue weighted by Crippen LogP contribution is -2.43. The maximum Gasteiger partial charge on any atom is 0.198 e. The molecule has 3 N–H and O–H groups in total. The van der Waals surface area contributed by atoms with Gasteiger partial charge in [0.2, 0.25) is 0 Å². The lowest BCUT2D eigenvalue weighted by atomic mass is 10.1. The van der Waals surface area contributed by atoms with Gasteiger partial charge in [-0.1, -0.05) is 0 Å². The Hall–Kier alpha value is -2.45. The fourth-order valence-corrected chi connectivity index (χ4v) is 3.97. The van der Waals surface area contributed by atoms with Crippen LogP contribution in [0.4, 0.5) is 15.2 Å². The standard InChI is InChI=1S/C18H20FN5OS/c1-2-23-9-12(14-10-26-18(20)22-14)17(25)11-7-13(19)16(8-15(11)23)24-5-3-21-4-6-24/h7-10,21H,2-6H2,1H3,(H2,20,22). The summed E-state index contributed by atoms with van der Waals surface area (Å²) in [4.78, 5) is 19.2. The van der Waals surface area contributed by atoms with E-state index in [4.69, 9.17) is 5.73 Å². The Balaban J connectivity index is 1.92. The minimum absolute atomic E-state index is 0.222. The second-order valence-corrected chi connectivity index (χ2v) is 7.18. The number of halogens is 1. The first-order valence-corrected chi connectivity index (χ1v) is 9.50. The maximum absolute atomic E-state index is 14.8. The topological polar surface area (TPSA) is 76.2 Å². The summed E-state index contributed by atoms with van der Waals surface area (Å²) in [6.45, 7) is 5.79. The van der Waals surface area contributed by atoms with Crippen LogP contribution >= 0.6 is 11.3 Å². The van der Waals surface area contributed by atoms with Gasteiger partial charge in [0, 0.05) is 49.7 Å². The molecule has 0 bridgehead atoms. The molecular formula is C18H20FN5OS. The minimum Gasteiger partial charge on any atom is -0.375 e. The van der Waals surface area contributed by atoms with Gasteiger partial charge >= 0.3 is 0 Å². The normalized spacial score (nSPS) is 14.9. The van der Waals surface area contributed by atoms with Crippen LogP contribution in [0.25, 0.3) is 22.2 Å². The number of piperazine rings is 1. The van der Waals surface area contributed by atoms with Gasteiger partial charge in [0.1, 0.15) is 5.82 Å². The molecular weight excluding hydrogens is 353 g/mol. The zero-order chi connectivity index (χ0) is 18.3. The molecule has 6 nitrogen and oxygen atoms in total. The molecule has 0 amide bonds. The van der Waals surface area contributed by atoms with Crippen LogP contribution in [0.15, 0.2) is 28.5 Å². The van der Waals surface area contributed by atoms with Crippen molar-refractivity contribution in [3.63, 3.8) is 0 Å². The van der Waals surface area contributed by atoms with Crippen molar-refractivity contribution >= 4 is 33.1 Å². The average Bonchev–Trinajstić information content (AvgIpc) is 3.09. The molecule has 1 aliphatic heterocycles. The van der Waals surface area contributed by atoms with E-state index in [9.17, 15) is 9.18 Å². The minimum atomic E-state index is -0.367. The number of rotatable bonds is 3. The van der Waals surface area contributed by atoms with E-state index >= 15 is 0 Å². The highest BCUT2D eigenvalue weighted by atomic mass is 32.1. The van der Waals surface area contributed by atoms with Crippen molar-refractivity contribution in [1.82, 2.24) is 14.9 Å². The number of fused-ring (bicyclic) bond motifs is 1. The summed E-state index contributed by atoms with van der Waals surface area (Å²) < 4.78 is 16.8. The molecule has 2 aromatic heterocycles. The molecule has 1 fully saturated rings. The van der Waals surface area contributed by atoms with Crippen LogP contribution in [0.5, 0.6) is 0 Å². The second kappa shape index (κ2) is 6.69. The van der Waals surface area contributed by atoms with Gasteiger partial charge < -0.3 is 20.5 Å². The predicted molar refractivity (Wildman–Crippen MR) is 104 cm³/mol. The fourth-order valence-electron chi connectivity index (χ4n) is 3.40. The van der Waals surface area contributed by atoms with E-state index in [-0.39, 0.29) is 11.2 Å². The Bertz CT molecular complexity index is 1020. The molecule has 4 rings (SSSR count). The van der Waals surface area contributed by atoms with Crippen LogP contribution < -0.4 is 21.4 Å². The number of nitrogens with zero attached hydrogens (tertiary/aromatic N) is 3. The summed E-state index contributed by atoms with van der Waals surface area (Å²) in [6, 6.07) is 3.15. The van der Waals surface area contributed by atoms with E-state index in [1.807, 2.05) is 16.4 Å². The monoisotopic (exact) mass is 373 g/mol. The van der Waals surface area contributed by atoms with Crippen molar-refractivity contribution in [3.05, 3.63) is 39.8 Å². The fraction of sp³-hybridized carbons (Fsp3) is 0.333. The van der Waals surface area contributed by atoms with Gasteiger partial charge in [0.15, 0.2) is 10.6 Å². The molecule has 136 valence electrons. The van der Waals surface area contributed by atoms with E-state index in [0.717, 1.165) is 31.7 Å². The molecule has 0 atom stereocenters. The van der Waals surface area contributed by atoms with Crippen LogP contribution in [0.3, 0.4) is 0 Å². The Morgan fingerprint density at radius 2 is 2.12 bits per heavy atom. The third-order valence-corrected chi connectivity index (χ3v) is 5.42. The van der Waals surface area contributed by atoms with Crippen molar-refractivity contribution in [1.29, 1.82) is 0 Å². The molecule has 0 aliphatic carbocycles. The van der Waals surface area contributed by atoms with E-state index in [1.54, 1.807) is 17.6 Å². The maximum atomic E-state index is 14.8. The highest BCUT2D eigenvalue weighted by Crippen LogP contribution is 2.28. The number of thiazole rings is 1. The van der Waals surface area contributed by atoms with Crippen LogP contribution in [-0.2, 0) is 6.54 Å². The van der Waals surface area contributed by atoms with Crippen molar-refractivity contribution < 1.29 is 4.39 Å². The van der Waals surface area contributed by atoms with Crippen molar-refractivity contribution in [2.45, 2.75) is 13.5 Å². The number of nitrogen functional groups attached to an aromatic ring is 1. The summed E-state index contributed by atoms with van der Waals surface area (Å²) in [7, 11) is 0. The SMILES string of the molecule is CCn1cc(-c2csc(N)n2)c(=O)c2cc(F)c(N3CCNCC3)cc21. The number of nitrogens with two attached hydrogens (primary N) is 1. The highest BCUT2D eigenvalue weighted by Gasteiger charge is 2.19. The van der Waals surface area contributed by atoms with Gasteiger partial charge in [0.25, 0.3) is 0 Å². The van der Waals surface area contributed by atoms with Crippen molar-refractivity contribution in [2.24, 2.45) is 0 Å². The molecule has 1 saturated heterocycles. The molecule has 1 aromatic carbocycles. The van der Waals surface area contributed by atoms with Gasteiger partial charge in [0.05, 0.1) is 22.5 Å². The van der Waals surface area contributed by atoms with Gasteiger partial charge in [-0.2, -0.15) is 0 Å². The highest BCUT2D eigenvalue weighted by molar-refractivity contribution is 7.13. The summed E-state index contributed by atoms with van der Waals surface area (Å²) in [5.41, 5.74) is 7.75. The molecule has 0 saturated carbocycles. The van der Waals surface area contributed by atoms with Crippen LogP contribution in [-0.4, -0.2) is 35.7 Å². The Kier molecular flexibility index (Phi) is 4.37. The molecule has 0 spiro atoms. The van der Waals surface area contributed by atoms with Crippen LogP contribution in [0.2, 0.25) is 0 Å². The van der Waals surface area contributed by atoms with Crippen molar-refractivity contribution in [2.75, 3.05) is 36.8 Å². The second-order valence-electron chi connectivity index (χ2n) is 6.29. The van der Waals surface area contributed by atoms with E-state index in [0.29, 0.717) is 34.0 Å². The number of hydrogen-bond acceptors (Lipinski definition) is 6. The third kappa shape index (κ3) is 2.85. The number of hydrogen-bond donors (Lipinski definition) is 2. The number of aromatic nitrogens is 2. The van der Waals surface area contributed by atoms with Crippen LogP contribution in [0.1, 0.15) is 6.92 Å². The number of anilines is 2. The van der Waals surface area contributed by atoms with Crippen molar-refractivity contribution in [3.8, 4) is 11.3 Å². The molecule has 0 radical (unpaired) electrons.